The summed E-state index contributed by atoms with van der Waals surface area (Å²) in [5.74, 6) is 0.828. The molecule has 1 aromatic heterocycles. The van der Waals surface area contributed by atoms with Gasteiger partial charge in [0.1, 0.15) is 5.75 Å². The Bertz CT molecular complexity index is 3010. The van der Waals surface area contributed by atoms with Crippen LogP contribution in [0.5, 0.6) is 5.75 Å². The van der Waals surface area contributed by atoms with Crippen molar-refractivity contribution >= 4 is 49.6 Å². The van der Waals surface area contributed by atoms with Crippen LogP contribution >= 0.6 is 0 Å². The quantitative estimate of drug-likeness (QED) is 0.156. The van der Waals surface area contributed by atoms with E-state index in [0.29, 0.717) is 0 Å². The molecule has 10 rings (SSSR count). The number of rotatable bonds is 8. The number of para-hydroxylation sites is 1. The lowest BCUT2D eigenvalue weighted by molar-refractivity contribution is 0.415. The van der Waals surface area contributed by atoms with Gasteiger partial charge in [0, 0.05) is 33.2 Å². The highest BCUT2D eigenvalue weighted by Gasteiger charge is 2.19. The van der Waals surface area contributed by atoms with Crippen molar-refractivity contribution in [3.8, 4) is 44.8 Å². The predicted octanol–water partition coefficient (Wildman–Crippen LogP) is 14.4. The van der Waals surface area contributed by atoms with Crippen molar-refractivity contribution < 1.29 is 4.74 Å². The average molecular weight is 719 g/mol. The van der Waals surface area contributed by atoms with Gasteiger partial charge in [0.15, 0.2) is 0 Å². The van der Waals surface area contributed by atoms with Crippen molar-refractivity contribution in [2.45, 2.75) is 0 Å². The van der Waals surface area contributed by atoms with Gasteiger partial charge in [-0.15, -0.1) is 0 Å². The monoisotopic (exact) mass is 718 g/mol. The van der Waals surface area contributed by atoms with Gasteiger partial charge < -0.3 is 14.2 Å². The second-order valence-electron chi connectivity index (χ2n) is 14.1. The van der Waals surface area contributed by atoms with Crippen molar-refractivity contribution in [1.82, 2.24) is 4.57 Å². The summed E-state index contributed by atoms with van der Waals surface area (Å²) in [6.07, 6.45) is 0. The molecule has 0 unspecified atom stereocenters. The van der Waals surface area contributed by atoms with E-state index in [1.165, 1.54) is 60.4 Å². The molecule has 0 spiro atoms. The van der Waals surface area contributed by atoms with E-state index < -0.39 is 0 Å². The van der Waals surface area contributed by atoms with Crippen LogP contribution in [-0.2, 0) is 0 Å². The summed E-state index contributed by atoms with van der Waals surface area (Å²) in [5.41, 5.74) is 13.8. The first-order valence-electron chi connectivity index (χ1n) is 19.0. The van der Waals surface area contributed by atoms with Crippen molar-refractivity contribution in [2.24, 2.45) is 0 Å². The fraction of sp³-hybridized carbons (Fsp3) is 0.0189. The molecule has 3 nitrogen and oxygen atoms in total. The first kappa shape index (κ1) is 33.2. The van der Waals surface area contributed by atoms with Crippen molar-refractivity contribution in [3.05, 3.63) is 212 Å². The smallest absolute Gasteiger partial charge is 0.119 e. The Morgan fingerprint density at radius 3 is 1.84 bits per heavy atom. The summed E-state index contributed by atoms with van der Waals surface area (Å²) < 4.78 is 7.96. The molecule has 9 aromatic carbocycles. The molecule has 0 aliphatic heterocycles. The number of nitrogens with zero attached hydrogens (tertiary/aromatic N) is 2. The van der Waals surface area contributed by atoms with Crippen molar-refractivity contribution in [1.29, 1.82) is 0 Å². The van der Waals surface area contributed by atoms with Crippen LogP contribution < -0.4 is 9.64 Å². The maximum absolute atomic E-state index is 5.54. The van der Waals surface area contributed by atoms with Crippen LogP contribution in [0.4, 0.5) is 17.1 Å². The first-order valence-corrected chi connectivity index (χ1v) is 19.0. The molecule has 0 saturated heterocycles. The zero-order valence-corrected chi connectivity index (χ0v) is 31.0. The van der Waals surface area contributed by atoms with Gasteiger partial charge in [0.05, 0.1) is 23.8 Å². The highest BCUT2D eigenvalue weighted by atomic mass is 16.5. The molecular weight excluding hydrogens is 681 g/mol. The summed E-state index contributed by atoms with van der Waals surface area (Å²) in [7, 11) is 1.71. The molecule has 10 aromatic rings. The molecular formula is C53H38N2O. The van der Waals surface area contributed by atoms with E-state index >= 15 is 0 Å². The lowest BCUT2D eigenvalue weighted by Gasteiger charge is -2.27. The minimum absolute atomic E-state index is 0.828. The largest absolute Gasteiger partial charge is 0.497 e. The lowest BCUT2D eigenvalue weighted by Crippen LogP contribution is -2.10. The topological polar surface area (TPSA) is 17.4 Å². The van der Waals surface area contributed by atoms with E-state index in [0.717, 1.165) is 34.1 Å². The number of methoxy groups -OCH3 is 1. The third-order valence-electron chi connectivity index (χ3n) is 10.9. The zero-order valence-electron chi connectivity index (χ0n) is 31.0. The second kappa shape index (κ2) is 14.1. The van der Waals surface area contributed by atoms with Gasteiger partial charge in [-0.05, 0) is 105 Å². The van der Waals surface area contributed by atoms with Crippen LogP contribution in [0, 0.1) is 0 Å². The fourth-order valence-electron chi connectivity index (χ4n) is 8.23. The molecule has 0 atom stereocenters. The van der Waals surface area contributed by atoms with Crippen LogP contribution in [0.3, 0.4) is 0 Å². The molecule has 0 amide bonds. The van der Waals surface area contributed by atoms with E-state index in [1.807, 2.05) is 12.1 Å². The van der Waals surface area contributed by atoms with Crippen LogP contribution in [0.2, 0.25) is 0 Å². The van der Waals surface area contributed by atoms with E-state index in [4.69, 9.17) is 4.74 Å². The highest BCUT2D eigenvalue weighted by Crippen LogP contribution is 2.43. The number of anilines is 3. The lowest BCUT2D eigenvalue weighted by atomic mass is 9.93. The standard InChI is InChI=1S/C53H38N2O/c1-56-45-31-29-42(30-32-45)54(51-27-13-17-38-16-5-6-24-48(38)51)43-20-12-19-40(35-43)46-22-7-8-23-47(46)41-28-33-50-49-25-9-10-26-52(49)55(53(50)36-41)44-21-11-18-39(34-44)37-14-3-2-4-15-37/h2-36H,1H3. The summed E-state index contributed by atoms with van der Waals surface area (Å²) in [6.45, 7) is 0. The molecule has 0 N–H and O–H groups in total. The Morgan fingerprint density at radius 1 is 0.393 bits per heavy atom. The van der Waals surface area contributed by atoms with Crippen LogP contribution in [0.1, 0.15) is 0 Å². The zero-order chi connectivity index (χ0) is 37.4. The Labute approximate surface area is 326 Å². The Hall–Kier alpha value is -7.36. The molecule has 56 heavy (non-hydrogen) atoms. The van der Waals surface area contributed by atoms with E-state index in [2.05, 4.69) is 210 Å². The maximum atomic E-state index is 5.54. The number of fused-ring (bicyclic) bond motifs is 4. The van der Waals surface area contributed by atoms with Crippen molar-refractivity contribution in [3.63, 3.8) is 0 Å². The highest BCUT2D eigenvalue weighted by molar-refractivity contribution is 6.10. The van der Waals surface area contributed by atoms with Crippen molar-refractivity contribution in [2.75, 3.05) is 12.0 Å². The predicted molar refractivity (Wildman–Crippen MR) is 236 cm³/mol. The molecule has 266 valence electrons. The molecule has 1 heterocycles. The van der Waals surface area contributed by atoms with Gasteiger partial charge in [-0.25, -0.2) is 0 Å². The van der Waals surface area contributed by atoms with Gasteiger partial charge in [-0.3, -0.25) is 0 Å². The number of aromatic nitrogens is 1. The number of benzene rings is 9. The third kappa shape index (κ3) is 5.87. The Morgan fingerprint density at radius 2 is 1.02 bits per heavy atom. The molecule has 0 radical (unpaired) electrons. The van der Waals surface area contributed by atoms with E-state index in [-0.39, 0.29) is 0 Å². The first-order chi connectivity index (χ1) is 27.7. The van der Waals surface area contributed by atoms with E-state index in [9.17, 15) is 0 Å². The van der Waals surface area contributed by atoms with Crippen LogP contribution in [-0.4, -0.2) is 11.7 Å². The maximum Gasteiger partial charge on any atom is 0.119 e. The number of ether oxygens (including phenoxy) is 1. The van der Waals surface area contributed by atoms with Gasteiger partial charge in [0.2, 0.25) is 0 Å². The Balaban J connectivity index is 1.12. The van der Waals surface area contributed by atoms with Crippen LogP contribution in [0.15, 0.2) is 212 Å². The molecule has 0 bridgehead atoms. The minimum atomic E-state index is 0.828. The SMILES string of the molecule is COc1ccc(N(c2cccc(-c3ccccc3-c3ccc4c5ccccc5n(-c5cccc(-c6ccccc6)c5)c4c3)c2)c2cccc3ccccc23)cc1. The normalized spacial score (nSPS) is 11.3. The summed E-state index contributed by atoms with van der Waals surface area (Å²) in [6, 6.07) is 76.3. The number of hydrogen-bond acceptors (Lipinski definition) is 2. The molecule has 3 heteroatoms. The summed E-state index contributed by atoms with van der Waals surface area (Å²) >= 11 is 0. The van der Waals surface area contributed by atoms with Gasteiger partial charge in [0.25, 0.3) is 0 Å². The average Bonchev–Trinajstić information content (AvgIpc) is 3.61. The van der Waals surface area contributed by atoms with Crippen LogP contribution in [0.25, 0.3) is 71.6 Å². The van der Waals surface area contributed by atoms with Gasteiger partial charge >= 0.3 is 0 Å². The van der Waals surface area contributed by atoms with E-state index in [1.54, 1.807) is 7.11 Å². The molecule has 0 fully saturated rings. The van der Waals surface area contributed by atoms with Gasteiger partial charge in [-0.2, -0.15) is 0 Å². The summed E-state index contributed by atoms with van der Waals surface area (Å²) in [5, 5.41) is 4.87. The second-order valence-corrected chi connectivity index (χ2v) is 14.1. The van der Waals surface area contributed by atoms with Gasteiger partial charge in [-0.1, -0.05) is 146 Å². The molecule has 0 aliphatic rings. The molecule has 0 saturated carbocycles. The summed E-state index contributed by atoms with van der Waals surface area (Å²) in [4.78, 5) is 2.35. The Kier molecular flexibility index (Phi) is 8.38. The molecule has 0 aliphatic carbocycles. The third-order valence-corrected chi connectivity index (χ3v) is 10.9. The minimum Gasteiger partial charge on any atom is -0.497 e. The number of hydrogen-bond donors (Lipinski definition) is 0. The fourth-order valence-corrected chi connectivity index (χ4v) is 8.23.